The smallest absolute Gasteiger partial charge is 0.129 e. The molecule has 0 aromatic rings. The number of aliphatic hydroxyl groups is 1. The summed E-state index contributed by atoms with van der Waals surface area (Å²) in [6, 6.07) is 0.600. The van der Waals surface area contributed by atoms with Crippen LogP contribution in [0.5, 0.6) is 0 Å². The van der Waals surface area contributed by atoms with Crippen molar-refractivity contribution in [1.82, 2.24) is 5.32 Å². The fourth-order valence-corrected chi connectivity index (χ4v) is 9.91. The van der Waals surface area contributed by atoms with Crippen LogP contribution >= 0.6 is 0 Å². The molecule has 2 N–H and O–H groups in total. The van der Waals surface area contributed by atoms with Crippen LogP contribution in [0.3, 0.4) is 0 Å². The van der Waals surface area contributed by atoms with Gasteiger partial charge in [-0.2, -0.15) is 0 Å². The van der Waals surface area contributed by atoms with Gasteiger partial charge in [0.25, 0.3) is 0 Å². The lowest BCUT2D eigenvalue weighted by molar-refractivity contribution is -0.162. The van der Waals surface area contributed by atoms with E-state index in [9.17, 15) is 9.90 Å². The average molecular weight is 474 g/mol. The minimum absolute atomic E-state index is 0.122. The molecule has 0 amide bonds. The lowest BCUT2D eigenvalue weighted by Crippen LogP contribution is -2.59. The van der Waals surface area contributed by atoms with Crippen LogP contribution in [0, 0.1) is 52.3 Å². The fourth-order valence-electron chi connectivity index (χ4n) is 9.91. The molecule has 4 fully saturated rings. The molecule has 0 aromatic heterocycles. The summed E-state index contributed by atoms with van der Waals surface area (Å²) in [5.74, 6) is 5.28. The zero-order valence-corrected chi connectivity index (χ0v) is 23.2. The molecule has 3 heteroatoms. The van der Waals surface area contributed by atoms with Gasteiger partial charge >= 0.3 is 0 Å². The summed E-state index contributed by atoms with van der Waals surface area (Å²) in [6.07, 6.45) is 14.5. The molecule has 4 unspecified atom stereocenters. The molecule has 34 heavy (non-hydrogen) atoms. The molecule has 0 spiro atoms. The van der Waals surface area contributed by atoms with Crippen molar-refractivity contribution in [2.24, 2.45) is 52.3 Å². The van der Waals surface area contributed by atoms with Crippen LogP contribution in [0.1, 0.15) is 119 Å². The number of fused-ring (bicyclic) bond motifs is 5. The predicted octanol–water partition coefficient (Wildman–Crippen LogP) is 7.02. The maximum absolute atomic E-state index is 11.6. The summed E-state index contributed by atoms with van der Waals surface area (Å²) in [7, 11) is 0. The van der Waals surface area contributed by atoms with Crippen molar-refractivity contribution in [2.45, 2.75) is 131 Å². The molecule has 4 saturated carbocycles. The standard InChI is InChI=1S/C31H55NO2/c1-20(2)8-7-17-32-23-13-15-31(6)27-14-16-30(5)25(21(3)9-10-22(4)33)11-12-26(30)24(27)19-29(34)28(31)18-23/h20-21,23-29,32,34H,7-19H2,1-6H3/t21-,23?,24?,25-,26?,27?,28-,29-,30-,31-/m1/s1. The van der Waals surface area contributed by atoms with Crippen molar-refractivity contribution in [3.8, 4) is 0 Å². The number of carbonyl (C=O) groups excluding carboxylic acids is 1. The third-order valence-corrected chi connectivity index (χ3v) is 11.8. The van der Waals surface area contributed by atoms with E-state index in [0.717, 1.165) is 49.5 Å². The lowest BCUT2D eigenvalue weighted by Gasteiger charge is -2.62. The van der Waals surface area contributed by atoms with Gasteiger partial charge in [-0.1, -0.05) is 34.6 Å². The second-order valence-corrected chi connectivity index (χ2v) is 14.2. The summed E-state index contributed by atoms with van der Waals surface area (Å²) >= 11 is 0. The summed E-state index contributed by atoms with van der Waals surface area (Å²) in [4.78, 5) is 11.6. The second-order valence-electron chi connectivity index (χ2n) is 14.2. The molecule has 0 radical (unpaired) electrons. The van der Waals surface area contributed by atoms with Gasteiger partial charge in [-0.15, -0.1) is 0 Å². The monoisotopic (exact) mass is 473 g/mol. The zero-order chi connectivity index (χ0) is 24.7. The van der Waals surface area contributed by atoms with E-state index in [1.807, 2.05) is 0 Å². The Morgan fingerprint density at radius 3 is 2.35 bits per heavy atom. The van der Waals surface area contributed by atoms with Gasteiger partial charge in [0, 0.05) is 12.5 Å². The Hall–Kier alpha value is -0.410. The zero-order valence-electron chi connectivity index (χ0n) is 23.2. The molecule has 0 heterocycles. The third kappa shape index (κ3) is 5.04. The van der Waals surface area contributed by atoms with Crippen molar-refractivity contribution < 1.29 is 9.90 Å². The molecule has 0 bridgehead atoms. The quantitative estimate of drug-likeness (QED) is 0.354. The van der Waals surface area contributed by atoms with E-state index in [0.29, 0.717) is 40.4 Å². The van der Waals surface area contributed by atoms with Crippen molar-refractivity contribution in [3.05, 3.63) is 0 Å². The van der Waals surface area contributed by atoms with Gasteiger partial charge in [-0.05, 0) is 136 Å². The van der Waals surface area contributed by atoms with Crippen molar-refractivity contribution in [3.63, 3.8) is 0 Å². The van der Waals surface area contributed by atoms with Crippen LogP contribution in [0.15, 0.2) is 0 Å². The molecular weight excluding hydrogens is 418 g/mol. The largest absolute Gasteiger partial charge is 0.393 e. The van der Waals surface area contributed by atoms with E-state index in [4.69, 9.17) is 0 Å². The van der Waals surface area contributed by atoms with Gasteiger partial charge in [0.2, 0.25) is 0 Å². The third-order valence-electron chi connectivity index (χ3n) is 11.8. The first-order chi connectivity index (χ1) is 16.1. The molecule has 4 aliphatic rings. The van der Waals surface area contributed by atoms with E-state index in [1.165, 1.54) is 57.8 Å². The number of hydrogen-bond acceptors (Lipinski definition) is 3. The predicted molar refractivity (Wildman–Crippen MR) is 142 cm³/mol. The Morgan fingerprint density at radius 2 is 1.65 bits per heavy atom. The molecule has 0 saturated heterocycles. The molecule has 4 rings (SSSR count). The van der Waals surface area contributed by atoms with Crippen molar-refractivity contribution >= 4 is 5.78 Å². The molecular formula is C31H55NO2. The summed E-state index contributed by atoms with van der Waals surface area (Å²) in [5.41, 5.74) is 0.730. The van der Waals surface area contributed by atoms with Crippen LogP contribution in [0.25, 0.3) is 0 Å². The second kappa shape index (κ2) is 10.5. The van der Waals surface area contributed by atoms with E-state index >= 15 is 0 Å². The van der Waals surface area contributed by atoms with E-state index in [2.05, 4.69) is 39.9 Å². The molecule has 0 aliphatic heterocycles. The number of nitrogens with one attached hydrogen (secondary N) is 1. The van der Waals surface area contributed by atoms with E-state index < -0.39 is 0 Å². The highest BCUT2D eigenvalue weighted by atomic mass is 16.3. The Labute approximate surface area is 210 Å². The Balaban J connectivity index is 1.41. The number of ketones is 1. The van der Waals surface area contributed by atoms with Crippen LogP contribution in [-0.2, 0) is 4.79 Å². The Morgan fingerprint density at radius 1 is 0.941 bits per heavy atom. The SMILES string of the molecule is CC(=O)CC[C@@H](C)[C@H]1CCC2C3C[C@@H](O)[C@H]4CC(NCCCC(C)C)CC[C@]4(C)C3CC[C@@]21C. The van der Waals surface area contributed by atoms with E-state index in [-0.39, 0.29) is 6.10 Å². The Bertz CT molecular complexity index is 706. The van der Waals surface area contributed by atoms with Gasteiger partial charge in [0.05, 0.1) is 6.10 Å². The number of rotatable bonds is 9. The van der Waals surface area contributed by atoms with Gasteiger partial charge < -0.3 is 15.2 Å². The summed E-state index contributed by atoms with van der Waals surface area (Å²) in [6.45, 7) is 15.1. The topological polar surface area (TPSA) is 49.3 Å². The minimum atomic E-state index is -0.122. The number of hydrogen-bond donors (Lipinski definition) is 2. The highest BCUT2D eigenvalue weighted by Crippen LogP contribution is 2.68. The van der Waals surface area contributed by atoms with Crippen LogP contribution in [0.2, 0.25) is 0 Å². The van der Waals surface area contributed by atoms with Crippen molar-refractivity contribution in [2.75, 3.05) is 6.54 Å². The molecule has 3 nitrogen and oxygen atoms in total. The number of Topliss-reactive ketones (excluding diaryl/α,β-unsaturated/α-hetero) is 1. The van der Waals surface area contributed by atoms with Gasteiger partial charge in [-0.3, -0.25) is 0 Å². The van der Waals surface area contributed by atoms with Gasteiger partial charge in [0.1, 0.15) is 5.78 Å². The molecule has 196 valence electrons. The fraction of sp³-hybridized carbons (Fsp3) is 0.968. The van der Waals surface area contributed by atoms with Gasteiger partial charge in [-0.25, -0.2) is 0 Å². The van der Waals surface area contributed by atoms with E-state index in [1.54, 1.807) is 6.92 Å². The highest BCUT2D eigenvalue weighted by molar-refractivity contribution is 5.75. The van der Waals surface area contributed by atoms with Crippen LogP contribution in [0.4, 0.5) is 0 Å². The van der Waals surface area contributed by atoms with Crippen molar-refractivity contribution in [1.29, 1.82) is 0 Å². The summed E-state index contributed by atoms with van der Waals surface area (Å²) in [5, 5.41) is 15.4. The lowest BCUT2D eigenvalue weighted by atomic mass is 9.43. The average Bonchev–Trinajstić information content (AvgIpc) is 3.13. The van der Waals surface area contributed by atoms with Gasteiger partial charge in [0.15, 0.2) is 0 Å². The molecule has 4 aliphatic carbocycles. The first-order valence-electron chi connectivity index (χ1n) is 15.0. The molecule has 10 atom stereocenters. The maximum Gasteiger partial charge on any atom is 0.129 e. The molecule has 0 aromatic carbocycles. The maximum atomic E-state index is 11.6. The van der Waals surface area contributed by atoms with Crippen LogP contribution in [-0.4, -0.2) is 29.6 Å². The van der Waals surface area contributed by atoms with Crippen LogP contribution < -0.4 is 5.32 Å². The number of aliphatic hydroxyl groups excluding tert-OH is 1. The normalized spacial score (nSPS) is 44.9. The Kier molecular flexibility index (Phi) is 8.25. The minimum Gasteiger partial charge on any atom is -0.393 e. The highest BCUT2D eigenvalue weighted by Gasteiger charge is 2.62. The first-order valence-corrected chi connectivity index (χ1v) is 15.0. The first kappa shape index (κ1) is 26.6. The summed E-state index contributed by atoms with van der Waals surface area (Å²) < 4.78 is 0. The number of carbonyl (C=O) groups is 1.